The fourth-order valence-electron chi connectivity index (χ4n) is 1.98. The van der Waals surface area contributed by atoms with Gasteiger partial charge in [0.1, 0.15) is 0 Å². The van der Waals surface area contributed by atoms with Crippen molar-refractivity contribution in [1.29, 1.82) is 0 Å². The fraction of sp³-hybridized carbons (Fsp3) is 0.312. The van der Waals surface area contributed by atoms with E-state index in [1.165, 1.54) is 0 Å². The third-order valence-corrected chi connectivity index (χ3v) is 3.30. The van der Waals surface area contributed by atoms with Gasteiger partial charge in [-0.1, -0.05) is 6.07 Å². The maximum absolute atomic E-state index is 12.0. The zero-order chi connectivity index (χ0) is 16.7. The summed E-state index contributed by atoms with van der Waals surface area (Å²) in [7, 11) is 0. The standard InChI is InChI=1S/C16H21N5O2/c1-12(10-17)19-16(23)13-3-2-4-14(9-13)20-15(22)5-7-21-8-6-18-11-21/h2-4,6,8-9,11-12H,5,7,10,17H2,1H3,(H,19,23)(H,20,22)/t12-/m0/s1. The summed E-state index contributed by atoms with van der Waals surface area (Å²) in [5.74, 6) is -0.330. The van der Waals surface area contributed by atoms with Crippen LogP contribution in [0.1, 0.15) is 23.7 Å². The Morgan fingerprint density at radius 3 is 2.91 bits per heavy atom. The summed E-state index contributed by atoms with van der Waals surface area (Å²) < 4.78 is 1.83. The number of anilines is 1. The second-order valence-corrected chi connectivity index (χ2v) is 5.29. The molecule has 4 N–H and O–H groups in total. The predicted molar refractivity (Wildman–Crippen MR) is 87.9 cm³/mol. The van der Waals surface area contributed by atoms with Crippen molar-refractivity contribution in [1.82, 2.24) is 14.9 Å². The lowest BCUT2D eigenvalue weighted by atomic mass is 10.1. The smallest absolute Gasteiger partial charge is 0.251 e. The first-order chi connectivity index (χ1) is 11.1. The molecule has 0 aliphatic rings. The van der Waals surface area contributed by atoms with Crippen LogP contribution < -0.4 is 16.4 Å². The topological polar surface area (TPSA) is 102 Å². The van der Waals surface area contributed by atoms with Gasteiger partial charge in [0, 0.05) is 49.2 Å². The van der Waals surface area contributed by atoms with Crippen molar-refractivity contribution in [3.63, 3.8) is 0 Å². The van der Waals surface area contributed by atoms with Gasteiger partial charge in [-0.25, -0.2) is 4.98 Å². The van der Waals surface area contributed by atoms with E-state index in [-0.39, 0.29) is 17.9 Å². The molecule has 0 unspecified atom stereocenters. The van der Waals surface area contributed by atoms with Crippen molar-refractivity contribution in [2.75, 3.05) is 11.9 Å². The normalized spacial score (nSPS) is 11.7. The molecular weight excluding hydrogens is 294 g/mol. The second kappa shape index (κ2) is 8.09. The summed E-state index contributed by atoms with van der Waals surface area (Å²) in [5.41, 5.74) is 6.56. The van der Waals surface area contributed by atoms with E-state index in [0.29, 0.717) is 30.8 Å². The van der Waals surface area contributed by atoms with E-state index >= 15 is 0 Å². The number of aromatic nitrogens is 2. The minimum absolute atomic E-state index is 0.101. The Morgan fingerprint density at radius 2 is 2.22 bits per heavy atom. The fourth-order valence-corrected chi connectivity index (χ4v) is 1.98. The Morgan fingerprint density at radius 1 is 1.39 bits per heavy atom. The molecular formula is C16H21N5O2. The van der Waals surface area contributed by atoms with Crippen LogP contribution in [0.4, 0.5) is 5.69 Å². The average molecular weight is 315 g/mol. The van der Waals surface area contributed by atoms with Gasteiger partial charge in [0.15, 0.2) is 0 Å². The van der Waals surface area contributed by atoms with Crippen LogP contribution in [0, 0.1) is 0 Å². The van der Waals surface area contributed by atoms with E-state index in [1.807, 2.05) is 11.5 Å². The molecule has 1 aromatic carbocycles. The highest BCUT2D eigenvalue weighted by Crippen LogP contribution is 2.11. The Bertz CT molecular complexity index is 654. The summed E-state index contributed by atoms with van der Waals surface area (Å²) in [6.45, 7) is 2.76. The first-order valence-corrected chi connectivity index (χ1v) is 7.45. The number of imidazole rings is 1. The molecule has 1 aromatic heterocycles. The average Bonchev–Trinajstić information content (AvgIpc) is 3.06. The number of benzene rings is 1. The van der Waals surface area contributed by atoms with Crippen molar-refractivity contribution in [3.05, 3.63) is 48.5 Å². The van der Waals surface area contributed by atoms with Crippen LogP contribution in [-0.2, 0) is 11.3 Å². The molecule has 2 rings (SSSR count). The Balaban J connectivity index is 1.91. The quantitative estimate of drug-likeness (QED) is 0.709. The van der Waals surface area contributed by atoms with Gasteiger partial charge in [0.25, 0.3) is 5.91 Å². The lowest BCUT2D eigenvalue weighted by molar-refractivity contribution is -0.116. The van der Waals surface area contributed by atoms with Crippen LogP contribution in [0.5, 0.6) is 0 Å². The SMILES string of the molecule is C[C@@H](CN)NC(=O)c1cccc(NC(=O)CCn2ccnc2)c1. The molecule has 0 aliphatic heterocycles. The monoisotopic (exact) mass is 315 g/mol. The van der Waals surface area contributed by atoms with Crippen molar-refractivity contribution >= 4 is 17.5 Å². The van der Waals surface area contributed by atoms with Crippen LogP contribution >= 0.6 is 0 Å². The molecule has 1 atom stereocenters. The number of rotatable bonds is 7. The first kappa shape index (κ1) is 16.7. The van der Waals surface area contributed by atoms with Crippen molar-refractivity contribution in [2.24, 2.45) is 5.73 Å². The molecule has 23 heavy (non-hydrogen) atoms. The molecule has 0 fully saturated rings. The van der Waals surface area contributed by atoms with E-state index < -0.39 is 0 Å². The zero-order valence-electron chi connectivity index (χ0n) is 13.0. The Hall–Kier alpha value is -2.67. The minimum Gasteiger partial charge on any atom is -0.348 e. The van der Waals surface area contributed by atoms with E-state index in [9.17, 15) is 9.59 Å². The van der Waals surface area contributed by atoms with Gasteiger partial charge in [-0.2, -0.15) is 0 Å². The number of carbonyl (C=O) groups excluding carboxylic acids is 2. The summed E-state index contributed by atoms with van der Waals surface area (Å²) in [6.07, 6.45) is 5.47. The van der Waals surface area contributed by atoms with Gasteiger partial charge in [-0.3, -0.25) is 9.59 Å². The summed E-state index contributed by atoms with van der Waals surface area (Å²) >= 11 is 0. The van der Waals surface area contributed by atoms with Gasteiger partial charge in [0.05, 0.1) is 6.33 Å². The summed E-state index contributed by atoms with van der Waals surface area (Å²) in [6, 6.07) is 6.72. The number of hydrogen-bond acceptors (Lipinski definition) is 4. The van der Waals surface area contributed by atoms with E-state index in [1.54, 1.807) is 43.0 Å². The van der Waals surface area contributed by atoms with E-state index in [0.717, 1.165) is 0 Å². The van der Waals surface area contributed by atoms with Gasteiger partial charge in [-0.15, -0.1) is 0 Å². The maximum Gasteiger partial charge on any atom is 0.251 e. The molecule has 0 saturated carbocycles. The lowest BCUT2D eigenvalue weighted by Gasteiger charge is -2.12. The number of nitrogens with zero attached hydrogens (tertiary/aromatic N) is 2. The zero-order valence-corrected chi connectivity index (χ0v) is 13.0. The first-order valence-electron chi connectivity index (χ1n) is 7.45. The lowest BCUT2D eigenvalue weighted by Crippen LogP contribution is -2.37. The second-order valence-electron chi connectivity index (χ2n) is 5.29. The predicted octanol–water partition coefficient (Wildman–Crippen LogP) is 0.989. The molecule has 2 aromatic rings. The highest BCUT2D eigenvalue weighted by molar-refractivity contribution is 5.97. The Labute approximate surface area is 134 Å². The largest absolute Gasteiger partial charge is 0.348 e. The van der Waals surface area contributed by atoms with Crippen LogP contribution in [-0.4, -0.2) is 34.0 Å². The number of amides is 2. The summed E-state index contributed by atoms with van der Waals surface area (Å²) in [4.78, 5) is 27.9. The maximum atomic E-state index is 12.0. The molecule has 0 radical (unpaired) electrons. The number of nitrogens with one attached hydrogen (secondary N) is 2. The molecule has 122 valence electrons. The van der Waals surface area contributed by atoms with Crippen LogP contribution in [0.25, 0.3) is 0 Å². The highest BCUT2D eigenvalue weighted by Gasteiger charge is 2.10. The molecule has 0 saturated heterocycles. The van der Waals surface area contributed by atoms with Crippen LogP contribution in [0.15, 0.2) is 43.0 Å². The van der Waals surface area contributed by atoms with Gasteiger partial charge in [0.2, 0.25) is 5.91 Å². The molecule has 0 spiro atoms. The molecule has 0 bridgehead atoms. The molecule has 0 aliphatic carbocycles. The minimum atomic E-state index is -0.211. The number of hydrogen-bond donors (Lipinski definition) is 3. The molecule has 7 nitrogen and oxygen atoms in total. The summed E-state index contributed by atoms with van der Waals surface area (Å²) in [5, 5.41) is 5.57. The van der Waals surface area contributed by atoms with E-state index in [4.69, 9.17) is 5.73 Å². The van der Waals surface area contributed by atoms with E-state index in [2.05, 4.69) is 15.6 Å². The number of carbonyl (C=O) groups is 2. The third kappa shape index (κ3) is 5.23. The van der Waals surface area contributed by atoms with Gasteiger partial charge >= 0.3 is 0 Å². The van der Waals surface area contributed by atoms with Gasteiger partial charge in [-0.05, 0) is 25.1 Å². The highest BCUT2D eigenvalue weighted by atomic mass is 16.2. The van der Waals surface area contributed by atoms with Crippen molar-refractivity contribution in [3.8, 4) is 0 Å². The van der Waals surface area contributed by atoms with Crippen molar-refractivity contribution in [2.45, 2.75) is 25.9 Å². The van der Waals surface area contributed by atoms with Crippen LogP contribution in [0.2, 0.25) is 0 Å². The van der Waals surface area contributed by atoms with Crippen LogP contribution in [0.3, 0.4) is 0 Å². The number of aryl methyl sites for hydroxylation is 1. The third-order valence-electron chi connectivity index (χ3n) is 3.30. The van der Waals surface area contributed by atoms with Gasteiger partial charge < -0.3 is 20.9 Å². The molecule has 1 heterocycles. The number of nitrogens with two attached hydrogens (primary N) is 1. The molecule has 7 heteroatoms. The molecule has 2 amide bonds. The Kier molecular flexibility index (Phi) is 5.87. The van der Waals surface area contributed by atoms with Crippen molar-refractivity contribution < 1.29 is 9.59 Å².